The maximum Gasteiger partial charge on any atom is 0.328 e. The van der Waals surface area contributed by atoms with Crippen LogP contribution in [-0.2, 0) is 23.1 Å². The Balaban J connectivity index is 1.83. The second-order valence-electron chi connectivity index (χ2n) is 6.54. The summed E-state index contributed by atoms with van der Waals surface area (Å²) in [5.74, 6) is 0.429. The van der Waals surface area contributed by atoms with Crippen LogP contribution in [0.1, 0.15) is 47.0 Å². The van der Waals surface area contributed by atoms with E-state index in [0.717, 1.165) is 19.3 Å². The van der Waals surface area contributed by atoms with Gasteiger partial charge in [0.25, 0.3) is 0 Å². The van der Waals surface area contributed by atoms with E-state index in [9.17, 15) is 4.57 Å². The lowest BCUT2D eigenvalue weighted by Gasteiger charge is -2.24. The predicted octanol–water partition coefficient (Wildman–Crippen LogP) is 3.61. The zero-order chi connectivity index (χ0) is 15.6. The highest BCUT2D eigenvalue weighted by Gasteiger charge is 2.38. The van der Waals surface area contributed by atoms with Crippen LogP contribution in [0, 0.1) is 5.92 Å². The molecule has 7 unspecified atom stereocenters. The van der Waals surface area contributed by atoms with Gasteiger partial charge in [-0.05, 0) is 32.6 Å². The first-order valence-corrected chi connectivity index (χ1v) is 10.0. The highest BCUT2D eigenvalue weighted by molar-refractivity contribution is 7.53. The van der Waals surface area contributed by atoms with Crippen LogP contribution in [0.25, 0.3) is 0 Å². The molecule has 2 fully saturated rings. The molecule has 6 heteroatoms. The van der Waals surface area contributed by atoms with Crippen molar-refractivity contribution in [1.82, 2.24) is 0 Å². The van der Waals surface area contributed by atoms with E-state index in [1.807, 2.05) is 6.92 Å². The molecule has 0 aromatic carbocycles. The Kier molecular flexibility index (Phi) is 5.89. The molecular weight excluding hydrogens is 291 g/mol. The monoisotopic (exact) mass is 320 g/mol. The first kappa shape index (κ1) is 17.4. The zero-order valence-corrected chi connectivity index (χ0v) is 14.7. The van der Waals surface area contributed by atoms with E-state index >= 15 is 0 Å². The molecule has 2 rings (SSSR count). The first-order valence-electron chi connectivity index (χ1n) is 8.02. The van der Waals surface area contributed by atoms with Crippen LogP contribution < -0.4 is 0 Å². The Bertz CT molecular complexity index is 388. The standard InChI is InChI=1S/C15H29O5P/c1-6-13-14(8-12(4)18-13)20-21(5,16)17-9-15-10(2)7-11(3)19-15/h10-15H,6-9H2,1-5H3. The topological polar surface area (TPSA) is 54.0 Å². The summed E-state index contributed by atoms with van der Waals surface area (Å²) in [6, 6.07) is 0. The average molecular weight is 320 g/mol. The quantitative estimate of drug-likeness (QED) is 0.700. The lowest BCUT2D eigenvalue weighted by Crippen LogP contribution is -2.24. The Morgan fingerprint density at radius 1 is 1.10 bits per heavy atom. The van der Waals surface area contributed by atoms with Crippen LogP contribution in [-0.4, -0.2) is 43.8 Å². The fourth-order valence-electron chi connectivity index (χ4n) is 3.24. The molecule has 0 N–H and O–H groups in total. The van der Waals surface area contributed by atoms with Crippen molar-refractivity contribution in [2.24, 2.45) is 5.92 Å². The van der Waals surface area contributed by atoms with Crippen molar-refractivity contribution < 1.29 is 23.1 Å². The summed E-state index contributed by atoms with van der Waals surface area (Å²) in [7, 11) is -3.08. The Labute approximate surface area is 128 Å². The van der Waals surface area contributed by atoms with Gasteiger partial charge in [0.1, 0.15) is 0 Å². The highest BCUT2D eigenvalue weighted by atomic mass is 31.2. The molecule has 0 bridgehead atoms. The van der Waals surface area contributed by atoms with Gasteiger partial charge in [0.2, 0.25) is 0 Å². The smallest absolute Gasteiger partial charge is 0.328 e. The van der Waals surface area contributed by atoms with Crippen LogP contribution in [0.4, 0.5) is 0 Å². The van der Waals surface area contributed by atoms with E-state index < -0.39 is 7.60 Å². The summed E-state index contributed by atoms with van der Waals surface area (Å²) in [5.41, 5.74) is 0. The number of hydrogen-bond acceptors (Lipinski definition) is 5. The van der Waals surface area contributed by atoms with E-state index in [1.54, 1.807) is 6.66 Å². The SMILES string of the molecule is CCC1OC(C)CC1OP(C)(=O)OCC1OC(C)CC1C. The van der Waals surface area contributed by atoms with Crippen molar-refractivity contribution in [3.05, 3.63) is 0 Å². The molecule has 2 aliphatic rings. The normalized spacial score (nSPS) is 43.1. The van der Waals surface area contributed by atoms with Gasteiger partial charge < -0.3 is 18.5 Å². The Hall–Kier alpha value is 0.0700. The van der Waals surface area contributed by atoms with Crippen molar-refractivity contribution in [2.75, 3.05) is 13.3 Å². The van der Waals surface area contributed by atoms with Gasteiger partial charge in [-0.1, -0.05) is 13.8 Å². The Morgan fingerprint density at radius 2 is 1.71 bits per heavy atom. The van der Waals surface area contributed by atoms with Gasteiger partial charge in [-0.15, -0.1) is 0 Å². The molecule has 0 aromatic rings. The lowest BCUT2D eigenvalue weighted by molar-refractivity contribution is -0.000556. The molecule has 0 amide bonds. The minimum Gasteiger partial charge on any atom is -0.373 e. The highest BCUT2D eigenvalue weighted by Crippen LogP contribution is 2.48. The van der Waals surface area contributed by atoms with Crippen molar-refractivity contribution >= 4 is 7.60 Å². The van der Waals surface area contributed by atoms with Crippen molar-refractivity contribution in [3.8, 4) is 0 Å². The molecule has 0 spiro atoms. The summed E-state index contributed by atoms with van der Waals surface area (Å²) >= 11 is 0. The maximum absolute atomic E-state index is 12.5. The minimum atomic E-state index is -3.08. The van der Waals surface area contributed by atoms with Crippen molar-refractivity contribution in [1.29, 1.82) is 0 Å². The van der Waals surface area contributed by atoms with Gasteiger partial charge in [-0.3, -0.25) is 4.57 Å². The molecule has 0 radical (unpaired) electrons. The Morgan fingerprint density at radius 3 is 2.29 bits per heavy atom. The van der Waals surface area contributed by atoms with Gasteiger partial charge >= 0.3 is 7.60 Å². The van der Waals surface area contributed by atoms with Crippen LogP contribution in [0.15, 0.2) is 0 Å². The second-order valence-corrected chi connectivity index (χ2v) is 8.55. The summed E-state index contributed by atoms with van der Waals surface area (Å²) < 4.78 is 35.4. The molecule has 0 saturated carbocycles. The van der Waals surface area contributed by atoms with Crippen LogP contribution in [0.5, 0.6) is 0 Å². The van der Waals surface area contributed by atoms with Gasteiger partial charge in [0.15, 0.2) is 0 Å². The first-order chi connectivity index (χ1) is 9.80. The summed E-state index contributed by atoms with van der Waals surface area (Å²) in [5, 5.41) is 0. The summed E-state index contributed by atoms with van der Waals surface area (Å²) in [6.45, 7) is 10.1. The fraction of sp³-hybridized carbons (Fsp3) is 1.00. The van der Waals surface area contributed by atoms with E-state index in [2.05, 4.69) is 20.8 Å². The molecule has 2 saturated heterocycles. The van der Waals surface area contributed by atoms with E-state index in [4.69, 9.17) is 18.5 Å². The molecular formula is C15H29O5P. The third kappa shape index (κ3) is 4.77. The van der Waals surface area contributed by atoms with Gasteiger partial charge in [-0.25, -0.2) is 0 Å². The number of rotatable bonds is 6. The van der Waals surface area contributed by atoms with Crippen LogP contribution in [0.3, 0.4) is 0 Å². The van der Waals surface area contributed by atoms with Gasteiger partial charge in [0.05, 0.1) is 37.1 Å². The fourth-order valence-corrected chi connectivity index (χ4v) is 4.43. The molecule has 2 aliphatic heterocycles. The lowest BCUT2D eigenvalue weighted by atomic mass is 10.0. The molecule has 5 nitrogen and oxygen atoms in total. The van der Waals surface area contributed by atoms with Crippen molar-refractivity contribution in [3.63, 3.8) is 0 Å². The summed E-state index contributed by atoms with van der Waals surface area (Å²) in [6.07, 6.45) is 2.94. The molecule has 0 aromatic heterocycles. The van der Waals surface area contributed by atoms with Crippen LogP contribution >= 0.6 is 7.60 Å². The van der Waals surface area contributed by atoms with Crippen molar-refractivity contribution in [2.45, 2.75) is 77.5 Å². The molecule has 21 heavy (non-hydrogen) atoms. The maximum atomic E-state index is 12.5. The molecule has 7 atom stereocenters. The largest absolute Gasteiger partial charge is 0.373 e. The third-order valence-corrected chi connectivity index (χ3v) is 5.61. The van der Waals surface area contributed by atoms with E-state index in [0.29, 0.717) is 12.5 Å². The predicted molar refractivity (Wildman–Crippen MR) is 81.7 cm³/mol. The van der Waals surface area contributed by atoms with E-state index in [1.165, 1.54) is 0 Å². The summed E-state index contributed by atoms with van der Waals surface area (Å²) in [4.78, 5) is 0. The molecule has 2 heterocycles. The van der Waals surface area contributed by atoms with Gasteiger partial charge in [-0.2, -0.15) is 0 Å². The molecule has 124 valence electrons. The average Bonchev–Trinajstić information content (AvgIpc) is 2.88. The van der Waals surface area contributed by atoms with E-state index in [-0.39, 0.29) is 30.5 Å². The molecule has 0 aliphatic carbocycles. The van der Waals surface area contributed by atoms with Gasteiger partial charge in [0, 0.05) is 13.1 Å². The van der Waals surface area contributed by atoms with Crippen LogP contribution in [0.2, 0.25) is 0 Å². The zero-order valence-electron chi connectivity index (χ0n) is 13.8. The number of hydrogen-bond donors (Lipinski definition) is 0. The third-order valence-electron chi connectivity index (χ3n) is 4.33. The second kappa shape index (κ2) is 7.10. The number of ether oxygens (including phenoxy) is 2. The minimum absolute atomic E-state index is 0.0117.